The number of rotatable bonds is 6. The lowest BCUT2D eigenvalue weighted by atomic mass is 10.2. The van der Waals surface area contributed by atoms with Gasteiger partial charge >= 0.3 is 5.97 Å². The lowest BCUT2D eigenvalue weighted by Crippen LogP contribution is -2.35. The Hall–Kier alpha value is -2.13. The molecule has 6 heteroatoms. The molecule has 23 heavy (non-hydrogen) atoms. The second-order valence-corrected chi connectivity index (χ2v) is 5.68. The number of ether oxygens (including phenoxy) is 1. The average molecular weight is 316 g/mol. The van der Waals surface area contributed by atoms with Crippen LogP contribution in [0.4, 0.5) is 5.82 Å². The predicted molar refractivity (Wildman–Crippen MR) is 88.1 cm³/mol. The van der Waals surface area contributed by atoms with Crippen LogP contribution >= 0.6 is 0 Å². The second-order valence-electron chi connectivity index (χ2n) is 5.68. The van der Waals surface area contributed by atoms with E-state index >= 15 is 0 Å². The number of pyridine rings is 1. The number of anilines is 1. The van der Waals surface area contributed by atoms with Crippen molar-refractivity contribution in [1.29, 1.82) is 5.26 Å². The molecule has 0 amide bonds. The summed E-state index contributed by atoms with van der Waals surface area (Å²) >= 11 is 0. The summed E-state index contributed by atoms with van der Waals surface area (Å²) in [6, 6.07) is 5.76. The lowest BCUT2D eigenvalue weighted by Gasteiger charge is -2.23. The second kappa shape index (κ2) is 9.11. The monoisotopic (exact) mass is 316 g/mol. The molecule has 0 aliphatic carbocycles. The number of unbranched alkanes of at least 4 members (excludes halogenated alkanes) is 1. The fraction of sp³-hybridized carbons (Fsp3) is 0.588. The Kier molecular flexibility index (Phi) is 6.82. The third-order valence-electron chi connectivity index (χ3n) is 3.91. The van der Waals surface area contributed by atoms with E-state index in [1.54, 1.807) is 18.3 Å². The molecule has 0 saturated carbocycles. The van der Waals surface area contributed by atoms with E-state index in [1.165, 1.54) is 0 Å². The summed E-state index contributed by atoms with van der Waals surface area (Å²) in [5.41, 5.74) is 0.597. The molecule has 1 aromatic heterocycles. The molecule has 0 aromatic carbocycles. The molecule has 1 fully saturated rings. The van der Waals surface area contributed by atoms with Gasteiger partial charge in [0.1, 0.15) is 11.9 Å². The molecule has 1 aliphatic rings. The molecule has 124 valence electrons. The maximum atomic E-state index is 11.8. The number of aromatic nitrogens is 1. The molecule has 1 saturated heterocycles. The van der Waals surface area contributed by atoms with Crippen molar-refractivity contribution in [2.45, 2.75) is 26.2 Å². The third kappa shape index (κ3) is 5.22. The topological polar surface area (TPSA) is 69.5 Å². The minimum Gasteiger partial charge on any atom is -0.465 e. The molecule has 0 spiro atoms. The standard InChI is InChI=1S/C17H24N4O2/c1-2-3-12-23-16(22)14-20-8-5-9-21(11-10-20)17-15(13-18)6-4-7-19-17/h4,6-7H,2-3,5,8-12,14H2,1H3. The van der Waals surface area contributed by atoms with Crippen molar-refractivity contribution >= 4 is 11.8 Å². The summed E-state index contributed by atoms with van der Waals surface area (Å²) in [7, 11) is 0. The molecule has 6 nitrogen and oxygen atoms in total. The molecule has 0 bridgehead atoms. The predicted octanol–water partition coefficient (Wildman–Crippen LogP) is 1.81. The van der Waals surface area contributed by atoms with Gasteiger partial charge in [0.2, 0.25) is 0 Å². The highest BCUT2D eigenvalue weighted by atomic mass is 16.5. The van der Waals surface area contributed by atoms with E-state index in [0.29, 0.717) is 18.7 Å². The summed E-state index contributed by atoms with van der Waals surface area (Å²) in [5.74, 6) is 0.588. The zero-order valence-electron chi connectivity index (χ0n) is 13.7. The zero-order chi connectivity index (χ0) is 16.5. The van der Waals surface area contributed by atoms with Gasteiger partial charge in [0.15, 0.2) is 0 Å². The fourth-order valence-electron chi connectivity index (χ4n) is 2.64. The minimum absolute atomic E-state index is 0.151. The largest absolute Gasteiger partial charge is 0.465 e. The van der Waals surface area contributed by atoms with Crippen LogP contribution in [-0.2, 0) is 9.53 Å². The number of nitriles is 1. The Morgan fingerprint density at radius 1 is 1.39 bits per heavy atom. The first kappa shape index (κ1) is 17.2. The Labute approximate surface area is 137 Å². The van der Waals surface area contributed by atoms with Crippen LogP contribution in [0.2, 0.25) is 0 Å². The highest BCUT2D eigenvalue weighted by Crippen LogP contribution is 2.18. The van der Waals surface area contributed by atoms with Gasteiger partial charge in [0, 0.05) is 32.4 Å². The molecular formula is C17H24N4O2. The van der Waals surface area contributed by atoms with Crippen LogP contribution in [0.1, 0.15) is 31.7 Å². The fourth-order valence-corrected chi connectivity index (χ4v) is 2.64. The summed E-state index contributed by atoms with van der Waals surface area (Å²) < 4.78 is 5.22. The molecule has 1 aliphatic heterocycles. The van der Waals surface area contributed by atoms with Crippen LogP contribution in [0, 0.1) is 11.3 Å². The SMILES string of the molecule is CCCCOC(=O)CN1CCCN(c2ncccc2C#N)CC1. The number of esters is 1. The molecular weight excluding hydrogens is 292 g/mol. The van der Waals surface area contributed by atoms with E-state index in [9.17, 15) is 10.1 Å². The van der Waals surface area contributed by atoms with E-state index < -0.39 is 0 Å². The van der Waals surface area contributed by atoms with Gasteiger partial charge in [0.25, 0.3) is 0 Å². The van der Waals surface area contributed by atoms with Gasteiger partial charge < -0.3 is 9.64 Å². The van der Waals surface area contributed by atoms with Gasteiger partial charge in [-0.05, 0) is 25.0 Å². The van der Waals surface area contributed by atoms with Crippen LogP contribution in [0.3, 0.4) is 0 Å². The quantitative estimate of drug-likeness (QED) is 0.589. The third-order valence-corrected chi connectivity index (χ3v) is 3.91. The first-order valence-corrected chi connectivity index (χ1v) is 8.22. The number of carbonyl (C=O) groups excluding carboxylic acids is 1. The Balaban J connectivity index is 1.87. The van der Waals surface area contributed by atoms with Crippen molar-refractivity contribution in [2.75, 3.05) is 44.2 Å². The van der Waals surface area contributed by atoms with Gasteiger partial charge in [-0.25, -0.2) is 4.98 Å². The summed E-state index contributed by atoms with van der Waals surface area (Å²) in [5, 5.41) is 9.20. The first-order valence-electron chi connectivity index (χ1n) is 8.22. The molecule has 0 unspecified atom stereocenters. The van der Waals surface area contributed by atoms with Crippen molar-refractivity contribution in [3.8, 4) is 6.07 Å². The van der Waals surface area contributed by atoms with Gasteiger partial charge in [-0.1, -0.05) is 13.3 Å². The van der Waals surface area contributed by atoms with Gasteiger partial charge in [-0.3, -0.25) is 9.69 Å². The average Bonchev–Trinajstić information content (AvgIpc) is 2.80. The maximum absolute atomic E-state index is 11.8. The molecule has 2 heterocycles. The summed E-state index contributed by atoms with van der Waals surface area (Å²) in [4.78, 5) is 20.4. The number of hydrogen-bond acceptors (Lipinski definition) is 6. The van der Waals surface area contributed by atoms with E-state index in [0.717, 1.165) is 51.3 Å². The zero-order valence-corrected chi connectivity index (χ0v) is 13.7. The Morgan fingerprint density at radius 2 is 2.26 bits per heavy atom. The van der Waals surface area contributed by atoms with E-state index in [4.69, 9.17) is 4.74 Å². The highest BCUT2D eigenvalue weighted by Gasteiger charge is 2.20. The molecule has 0 atom stereocenters. The molecule has 0 radical (unpaired) electrons. The van der Waals surface area contributed by atoms with Crippen LogP contribution < -0.4 is 4.90 Å². The Bertz CT molecular complexity index is 556. The lowest BCUT2D eigenvalue weighted by molar-refractivity contribution is -0.145. The maximum Gasteiger partial charge on any atom is 0.320 e. The highest BCUT2D eigenvalue weighted by molar-refractivity contribution is 5.71. The molecule has 1 aromatic rings. The van der Waals surface area contributed by atoms with Crippen molar-refractivity contribution in [2.24, 2.45) is 0 Å². The number of hydrogen-bond donors (Lipinski definition) is 0. The molecule has 2 rings (SSSR count). The summed E-state index contributed by atoms with van der Waals surface area (Å²) in [6.45, 7) is 6.14. The normalized spacial score (nSPS) is 15.7. The van der Waals surface area contributed by atoms with Crippen LogP contribution in [-0.4, -0.2) is 55.2 Å². The summed E-state index contributed by atoms with van der Waals surface area (Å²) in [6.07, 6.45) is 4.58. The van der Waals surface area contributed by atoms with Crippen molar-refractivity contribution in [3.63, 3.8) is 0 Å². The Morgan fingerprint density at radius 3 is 3.04 bits per heavy atom. The van der Waals surface area contributed by atoms with Crippen molar-refractivity contribution in [1.82, 2.24) is 9.88 Å². The van der Waals surface area contributed by atoms with Crippen LogP contribution in [0.25, 0.3) is 0 Å². The van der Waals surface area contributed by atoms with E-state index in [1.807, 2.05) is 0 Å². The number of nitrogens with zero attached hydrogens (tertiary/aromatic N) is 4. The van der Waals surface area contributed by atoms with Crippen LogP contribution in [0.5, 0.6) is 0 Å². The van der Waals surface area contributed by atoms with Gasteiger partial charge in [-0.2, -0.15) is 5.26 Å². The van der Waals surface area contributed by atoms with E-state index in [-0.39, 0.29) is 5.97 Å². The van der Waals surface area contributed by atoms with Crippen molar-refractivity contribution in [3.05, 3.63) is 23.9 Å². The first-order chi connectivity index (χ1) is 11.2. The van der Waals surface area contributed by atoms with Gasteiger partial charge in [-0.15, -0.1) is 0 Å². The number of carbonyl (C=O) groups is 1. The minimum atomic E-state index is -0.151. The smallest absolute Gasteiger partial charge is 0.320 e. The van der Waals surface area contributed by atoms with Crippen LogP contribution in [0.15, 0.2) is 18.3 Å². The van der Waals surface area contributed by atoms with Crippen molar-refractivity contribution < 1.29 is 9.53 Å². The van der Waals surface area contributed by atoms with E-state index in [2.05, 4.69) is 27.8 Å². The van der Waals surface area contributed by atoms with Gasteiger partial charge in [0.05, 0.1) is 18.7 Å². The molecule has 0 N–H and O–H groups in total.